The Morgan fingerprint density at radius 2 is 1.92 bits per heavy atom. The molecule has 2 N–H and O–H groups in total. The van der Waals surface area contributed by atoms with Crippen molar-refractivity contribution in [3.8, 4) is 0 Å². The highest BCUT2D eigenvalue weighted by atomic mass is 16.4. The number of carboxylic acid groups (broad SMARTS) is 2. The molecule has 0 amide bonds. The van der Waals surface area contributed by atoms with Gasteiger partial charge in [0.25, 0.3) is 0 Å². The van der Waals surface area contributed by atoms with Gasteiger partial charge in [-0.1, -0.05) is 6.92 Å². The molecular formula is C7H9NO4. The molecule has 0 aromatic rings. The second-order valence-corrected chi connectivity index (χ2v) is 2.46. The van der Waals surface area contributed by atoms with Crippen molar-refractivity contribution in [2.24, 2.45) is 5.92 Å². The first-order valence-electron chi connectivity index (χ1n) is 3.31. The monoisotopic (exact) mass is 171 g/mol. The molecule has 5 nitrogen and oxygen atoms in total. The molecule has 0 aliphatic carbocycles. The van der Waals surface area contributed by atoms with Gasteiger partial charge in [0.2, 0.25) is 0 Å². The molecule has 0 aliphatic rings. The predicted octanol–water partition coefficient (Wildman–Crippen LogP) is 0.470. The van der Waals surface area contributed by atoms with Crippen molar-refractivity contribution in [2.45, 2.75) is 19.4 Å². The van der Waals surface area contributed by atoms with E-state index in [1.54, 1.807) is 0 Å². The van der Waals surface area contributed by atoms with Crippen LogP contribution in [0.2, 0.25) is 0 Å². The van der Waals surface area contributed by atoms with E-state index in [-0.39, 0.29) is 6.42 Å². The Morgan fingerprint density at radius 3 is 2.17 bits per heavy atom. The summed E-state index contributed by atoms with van der Waals surface area (Å²) in [5.74, 6) is -3.14. The highest BCUT2D eigenvalue weighted by molar-refractivity contribution is 5.77. The lowest BCUT2D eigenvalue weighted by Crippen LogP contribution is -2.22. The summed E-state index contributed by atoms with van der Waals surface area (Å²) in [6.45, 7) is 7.85. The second-order valence-electron chi connectivity index (χ2n) is 2.46. The molecule has 0 saturated carbocycles. The lowest BCUT2D eigenvalue weighted by Gasteiger charge is -2.03. The van der Waals surface area contributed by atoms with Crippen molar-refractivity contribution < 1.29 is 19.8 Å². The minimum absolute atomic E-state index is 0.145. The normalized spacial score (nSPS) is 14.3. The predicted molar refractivity (Wildman–Crippen MR) is 39.4 cm³/mol. The van der Waals surface area contributed by atoms with Crippen molar-refractivity contribution in [2.75, 3.05) is 0 Å². The zero-order chi connectivity index (χ0) is 9.72. The molecule has 0 bridgehead atoms. The zero-order valence-corrected chi connectivity index (χ0v) is 6.52. The molecule has 12 heavy (non-hydrogen) atoms. The summed E-state index contributed by atoms with van der Waals surface area (Å²) in [5, 5.41) is 16.8. The molecule has 0 aromatic carbocycles. The van der Waals surface area contributed by atoms with Crippen LogP contribution in [0, 0.1) is 12.5 Å². The maximum Gasteiger partial charge on any atom is 0.387 e. The van der Waals surface area contributed by atoms with E-state index in [1.165, 1.54) is 6.92 Å². The van der Waals surface area contributed by atoms with Gasteiger partial charge >= 0.3 is 18.0 Å². The summed E-state index contributed by atoms with van der Waals surface area (Å²) in [5.41, 5.74) is 0. The Labute approximate surface area is 69.4 Å². The van der Waals surface area contributed by atoms with Gasteiger partial charge in [-0.15, -0.1) is 0 Å². The van der Waals surface area contributed by atoms with Gasteiger partial charge in [0.15, 0.2) is 0 Å². The Bertz CT molecular complexity index is 230. The number of carboxylic acids is 2. The molecule has 2 unspecified atom stereocenters. The van der Waals surface area contributed by atoms with Gasteiger partial charge < -0.3 is 15.1 Å². The van der Waals surface area contributed by atoms with Crippen LogP contribution in [-0.4, -0.2) is 28.2 Å². The molecule has 0 radical (unpaired) electrons. The number of hydrogen-bond donors (Lipinski definition) is 2. The Balaban J connectivity index is 4.15. The summed E-state index contributed by atoms with van der Waals surface area (Å²) < 4.78 is 0. The van der Waals surface area contributed by atoms with E-state index >= 15 is 0 Å². The zero-order valence-electron chi connectivity index (χ0n) is 6.52. The van der Waals surface area contributed by atoms with Crippen molar-refractivity contribution >= 4 is 11.9 Å². The highest BCUT2D eigenvalue weighted by Gasteiger charge is 2.27. The Kier molecular flexibility index (Phi) is 3.77. The van der Waals surface area contributed by atoms with Gasteiger partial charge in [-0.3, -0.25) is 4.79 Å². The van der Waals surface area contributed by atoms with Gasteiger partial charge in [0, 0.05) is 6.42 Å². The Hall–Kier alpha value is -1.57. The fraction of sp³-hybridized carbons (Fsp3) is 0.571. The molecule has 5 heteroatoms. The van der Waals surface area contributed by atoms with Gasteiger partial charge in [0.1, 0.15) is 0 Å². The first-order valence-corrected chi connectivity index (χ1v) is 3.31. The molecule has 0 rings (SSSR count). The molecule has 66 valence electrons. The van der Waals surface area contributed by atoms with Crippen LogP contribution >= 0.6 is 0 Å². The standard InChI is InChI=1S/C7H9NO4/c1-4(6(9)10)3-5(8-2)7(11)12/h4-5H,3H2,1H3,(H,9,10)(H,11,12). The van der Waals surface area contributed by atoms with Crippen LogP contribution in [0.1, 0.15) is 13.3 Å². The number of hydrogen-bond acceptors (Lipinski definition) is 2. The summed E-state index contributed by atoms with van der Waals surface area (Å²) in [4.78, 5) is 23.4. The van der Waals surface area contributed by atoms with Gasteiger partial charge in [-0.25, -0.2) is 11.4 Å². The summed E-state index contributed by atoms with van der Waals surface area (Å²) in [6.07, 6.45) is -0.145. The van der Waals surface area contributed by atoms with Gasteiger partial charge in [-0.05, 0) is 0 Å². The SMILES string of the molecule is [C-]#[N+]C(CC(C)C(=O)O)C(=O)O. The molecule has 0 spiro atoms. The van der Waals surface area contributed by atoms with E-state index < -0.39 is 23.9 Å². The van der Waals surface area contributed by atoms with Crippen LogP contribution in [0.25, 0.3) is 4.85 Å². The third kappa shape index (κ3) is 3.01. The van der Waals surface area contributed by atoms with E-state index in [1.807, 2.05) is 0 Å². The average molecular weight is 171 g/mol. The highest BCUT2D eigenvalue weighted by Crippen LogP contribution is 2.09. The molecule has 0 fully saturated rings. The quantitative estimate of drug-likeness (QED) is 0.602. The summed E-state index contributed by atoms with van der Waals surface area (Å²) >= 11 is 0. The number of carbonyl (C=O) groups is 2. The number of nitrogens with zero attached hydrogens (tertiary/aromatic N) is 1. The van der Waals surface area contributed by atoms with Crippen LogP contribution < -0.4 is 0 Å². The van der Waals surface area contributed by atoms with Crippen molar-refractivity contribution in [3.63, 3.8) is 0 Å². The molecule has 0 heterocycles. The van der Waals surface area contributed by atoms with E-state index in [2.05, 4.69) is 4.85 Å². The first-order chi connectivity index (χ1) is 5.49. The fourth-order valence-electron chi connectivity index (χ4n) is 0.644. The van der Waals surface area contributed by atoms with E-state index in [4.69, 9.17) is 16.8 Å². The van der Waals surface area contributed by atoms with Crippen LogP contribution in [0.15, 0.2) is 0 Å². The van der Waals surface area contributed by atoms with Crippen molar-refractivity contribution in [1.82, 2.24) is 0 Å². The van der Waals surface area contributed by atoms with Crippen molar-refractivity contribution in [1.29, 1.82) is 0 Å². The summed E-state index contributed by atoms with van der Waals surface area (Å²) in [7, 11) is 0. The van der Waals surface area contributed by atoms with Crippen LogP contribution in [-0.2, 0) is 9.59 Å². The minimum Gasteiger partial charge on any atom is -0.481 e. The lowest BCUT2D eigenvalue weighted by atomic mass is 10.0. The fourth-order valence-corrected chi connectivity index (χ4v) is 0.644. The molecule has 0 aromatic heterocycles. The average Bonchev–Trinajstić information content (AvgIpc) is 1.98. The summed E-state index contributed by atoms with van der Waals surface area (Å²) in [6, 6.07) is -1.24. The second kappa shape index (κ2) is 4.34. The third-order valence-corrected chi connectivity index (χ3v) is 1.44. The van der Waals surface area contributed by atoms with E-state index in [0.29, 0.717) is 0 Å². The molecule has 0 saturated heterocycles. The number of rotatable bonds is 4. The van der Waals surface area contributed by atoms with E-state index in [0.717, 1.165) is 0 Å². The topological polar surface area (TPSA) is 79.0 Å². The number of aliphatic carboxylic acids is 2. The molecule has 0 aliphatic heterocycles. The first kappa shape index (κ1) is 10.4. The maximum absolute atomic E-state index is 10.3. The van der Waals surface area contributed by atoms with Crippen LogP contribution in [0.4, 0.5) is 0 Å². The Morgan fingerprint density at radius 1 is 1.42 bits per heavy atom. The smallest absolute Gasteiger partial charge is 0.387 e. The lowest BCUT2D eigenvalue weighted by molar-refractivity contribution is -0.142. The van der Waals surface area contributed by atoms with E-state index in [9.17, 15) is 9.59 Å². The third-order valence-electron chi connectivity index (χ3n) is 1.44. The molecular weight excluding hydrogens is 162 g/mol. The minimum atomic E-state index is -1.27. The van der Waals surface area contributed by atoms with Crippen LogP contribution in [0.5, 0.6) is 0 Å². The van der Waals surface area contributed by atoms with Gasteiger partial charge in [-0.2, -0.15) is 0 Å². The van der Waals surface area contributed by atoms with Crippen molar-refractivity contribution in [3.05, 3.63) is 11.4 Å². The van der Waals surface area contributed by atoms with Crippen LogP contribution in [0.3, 0.4) is 0 Å². The molecule has 2 atom stereocenters. The largest absolute Gasteiger partial charge is 0.481 e. The maximum atomic E-state index is 10.3. The van der Waals surface area contributed by atoms with Gasteiger partial charge in [0.05, 0.1) is 5.92 Å².